The Morgan fingerprint density at radius 3 is 2.82 bits per heavy atom. The number of amides is 1. The molecule has 1 heterocycles. The van der Waals surface area contributed by atoms with Crippen LogP contribution in [0.1, 0.15) is 24.2 Å². The molecule has 6 heteroatoms. The Balaban J connectivity index is 2.28. The van der Waals surface area contributed by atoms with Gasteiger partial charge in [-0.25, -0.2) is 4.39 Å². The van der Waals surface area contributed by atoms with Crippen LogP contribution in [0.15, 0.2) is 18.2 Å². The molecule has 5 nitrogen and oxygen atoms in total. The highest BCUT2D eigenvalue weighted by Crippen LogP contribution is 2.27. The van der Waals surface area contributed by atoms with E-state index >= 15 is 0 Å². The van der Waals surface area contributed by atoms with Gasteiger partial charge in [-0.2, -0.15) is 0 Å². The highest BCUT2D eigenvalue weighted by Gasteiger charge is 2.37. The molecule has 0 N–H and O–H groups in total. The van der Waals surface area contributed by atoms with Crippen molar-refractivity contribution < 1.29 is 23.4 Å². The summed E-state index contributed by atoms with van der Waals surface area (Å²) in [5.41, 5.74) is -0.561. The summed E-state index contributed by atoms with van der Waals surface area (Å²) >= 11 is 0. The number of hydrogen-bond donors (Lipinski definition) is 0. The van der Waals surface area contributed by atoms with Crippen molar-refractivity contribution >= 4 is 5.91 Å². The molecule has 122 valence electrons. The van der Waals surface area contributed by atoms with Gasteiger partial charge in [-0.05, 0) is 26.0 Å². The minimum atomic E-state index is -0.586. The van der Waals surface area contributed by atoms with Gasteiger partial charge in [-0.15, -0.1) is 0 Å². The third-order valence-electron chi connectivity index (χ3n) is 3.53. The molecule has 0 aliphatic carbocycles. The van der Waals surface area contributed by atoms with Gasteiger partial charge < -0.3 is 19.1 Å². The zero-order valence-corrected chi connectivity index (χ0v) is 13.4. The standard InChI is InChI=1S/C16H22FNO4/c1-16(2)10-18(8-11(22-16)9-20-3)15(19)14-12(17)6-5-7-13(14)21-4/h5-7,11H,8-10H2,1-4H3/t11-/m0/s1. The van der Waals surface area contributed by atoms with Crippen LogP contribution in [-0.4, -0.2) is 56.4 Å². The van der Waals surface area contributed by atoms with Crippen molar-refractivity contribution in [1.29, 1.82) is 0 Å². The number of methoxy groups -OCH3 is 2. The first-order chi connectivity index (χ1) is 10.4. The smallest absolute Gasteiger partial charge is 0.260 e. The molecule has 1 fully saturated rings. The van der Waals surface area contributed by atoms with E-state index in [9.17, 15) is 9.18 Å². The first kappa shape index (κ1) is 16.7. The van der Waals surface area contributed by atoms with Crippen LogP contribution in [0.4, 0.5) is 4.39 Å². The first-order valence-electron chi connectivity index (χ1n) is 7.16. The Morgan fingerprint density at radius 2 is 2.18 bits per heavy atom. The van der Waals surface area contributed by atoms with E-state index in [1.807, 2.05) is 13.8 Å². The molecule has 0 bridgehead atoms. The van der Waals surface area contributed by atoms with Crippen LogP contribution in [0.25, 0.3) is 0 Å². The van der Waals surface area contributed by atoms with Gasteiger partial charge >= 0.3 is 0 Å². The molecule has 0 saturated carbocycles. The van der Waals surface area contributed by atoms with E-state index in [1.54, 1.807) is 18.1 Å². The molecule has 1 aliphatic rings. The highest BCUT2D eigenvalue weighted by atomic mass is 19.1. The maximum atomic E-state index is 14.1. The molecule has 1 atom stereocenters. The first-order valence-corrected chi connectivity index (χ1v) is 7.16. The fourth-order valence-corrected chi connectivity index (χ4v) is 2.76. The SMILES string of the molecule is COC[C@@H]1CN(C(=O)c2c(F)cccc2OC)CC(C)(C)O1. The van der Waals surface area contributed by atoms with Gasteiger partial charge in [0, 0.05) is 20.2 Å². The number of halogens is 1. The predicted octanol–water partition coefficient (Wildman–Crippen LogP) is 2.10. The van der Waals surface area contributed by atoms with Crippen molar-refractivity contribution in [2.75, 3.05) is 33.9 Å². The maximum absolute atomic E-state index is 14.1. The molecule has 22 heavy (non-hydrogen) atoms. The molecule has 0 unspecified atom stereocenters. The molecule has 1 saturated heterocycles. The van der Waals surface area contributed by atoms with E-state index in [0.29, 0.717) is 19.7 Å². The fraction of sp³-hybridized carbons (Fsp3) is 0.562. The van der Waals surface area contributed by atoms with E-state index in [0.717, 1.165) is 0 Å². The van der Waals surface area contributed by atoms with E-state index in [2.05, 4.69) is 0 Å². The minimum Gasteiger partial charge on any atom is -0.496 e. The second-order valence-electron chi connectivity index (χ2n) is 5.96. The van der Waals surface area contributed by atoms with Crippen LogP contribution >= 0.6 is 0 Å². The lowest BCUT2D eigenvalue weighted by molar-refractivity contribution is -0.143. The summed E-state index contributed by atoms with van der Waals surface area (Å²) in [6.07, 6.45) is -0.240. The highest BCUT2D eigenvalue weighted by molar-refractivity contribution is 5.97. The Kier molecular flexibility index (Phi) is 5.03. The van der Waals surface area contributed by atoms with Crippen LogP contribution in [-0.2, 0) is 9.47 Å². The fourth-order valence-electron chi connectivity index (χ4n) is 2.76. The van der Waals surface area contributed by atoms with Crippen molar-refractivity contribution in [3.05, 3.63) is 29.6 Å². The Labute approximate surface area is 130 Å². The Morgan fingerprint density at radius 1 is 1.45 bits per heavy atom. The number of hydrogen-bond acceptors (Lipinski definition) is 4. The number of benzene rings is 1. The second-order valence-corrected chi connectivity index (χ2v) is 5.96. The predicted molar refractivity (Wildman–Crippen MR) is 79.7 cm³/mol. The van der Waals surface area contributed by atoms with Gasteiger partial charge in [0.15, 0.2) is 0 Å². The summed E-state index contributed by atoms with van der Waals surface area (Å²) < 4.78 is 30.2. The summed E-state index contributed by atoms with van der Waals surface area (Å²) in [5, 5.41) is 0. The van der Waals surface area contributed by atoms with Crippen LogP contribution < -0.4 is 4.74 Å². The van der Waals surface area contributed by atoms with E-state index < -0.39 is 17.3 Å². The molecule has 0 aromatic heterocycles. The number of carbonyl (C=O) groups is 1. The summed E-state index contributed by atoms with van der Waals surface area (Å²) in [6.45, 7) is 4.90. The van der Waals surface area contributed by atoms with Crippen LogP contribution in [0.5, 0.6) is 5.75 Å². The monoisotopic (exact) mass is 311 g/mol. The van der Waals surface area contributed by atoms with Crippen molar-refractivity contribution in [1.82, 2.24) is 4.90 Å². The molecular formula is C16H22FNO4. The number of rotatable bonds is 4. The Bertz CT molecular complexity index is 547. The number of carbonyl (C=O) groups excluding carboxylic acids is 1. The number of nitrogens with zero attached hydrogens (tertiary/aromatic N) is 1. The molecule has 0 radical (unpaired) electrons. The molecule has 1 aliphatic heterocycles. The van der Waals surface area contributed by atoms with Gasteiger partial charge in [-0.3, -0.25) is 4.79 Å². The van der Waals surface area contributed by atoms with E-state index in [4.69, 9.17) is 14.2 Å². The lowest BCUT2D eigenvalue weighted by Gasteiger charge is -2.42. The van der Waals surface area contributed by atoms with E-state index in [-0.39, 0.29) is 17.4 Å². The summed E-state index contributed by atoms with van der Waals surface area (Å²) in [4.78, 5) is 14.3. The van der Waals surface area contributed by atoms with Crippen molar-refractivity contribution in [2.24, 2.45) is 0 Å². The normalized spacial score (nSPS) is 20.8. The third-order valence-corrected chi connectivity index (χ3v) is 3.53. The van der Waals surface area contributed by atoms with Crippen molar-refractivity contribution in [3.63, 3.8) is 0 Å². The van der Waals surface area contributed by atoms with Gasteiger partial charge in [0.1, 0.15) is 17.1 Å². The van der Waals surface area contributed by atoms with Gasteiger partial charge in [0.2, 0.25) is 0 Å². The average Bonchev–Trinajstić information content (AvgIpc) is 2.45. The summed E-state index contributed by atoms with van der Waals surface area (Å²) in [6, 6.07) is 4.35. The quantitative estimate of drug-likeness (QED) is 0.854. The number of ether oxygens (including phenoxy) is 3. The number of morpholine rings is 1. The summed E-state index contributed by atoms with van der Waals surface area (Å²) in [7, 11) is 3.00. The third kappa shape index (κ3) is 3.56. The van der Waals surface area contributed by atoms with Crippen molar-refractivity contribution in [2.45, 2.75) is 25.6 Å². The molecular weight excluding hydrogens is 289 g/mol. The average molecular weight is 311 g/mol. The molecule has 0 spiro atoms. The molecule has 1 aromatic rings. The maximum Gasteiger partial charge on any atom is 0.260 e. The van der Waals surface area contributed by atoms with Gasteiger partial charge in [0.25, 0.3) is 5.91 Å². The van der Waals surface area contributed by atoms with Gasteiger partial charge in [0.05, 0.1) is 25.4 Å². The van der Waals surface area contributed by atoms with Crippen LogP contribution in [0, 0.1) is 5.82 Å². The van der Waals surface area contributed by atoms with E-state index in [1.165, 1.54) is 19.2 Å². The van der Waals surface area contributed by atoms with Crippen molar-refractivity contribution in [3.8, 4) is 5.75 Å². The Hall–Kier alpha value is -1.66. The lowest BCUT2D eigenvalue weighted by atomic mass is 10.0. The van der Waals surface area contributed by atoms with Crippen LogP contribution in [0.2, 0.25) is 0 Å². The zero-order valence-electron chi connectivity index (χ0n) is 13.4. The van der Waals surface area contributed by atoms with Gasteiger partial charge in [-0.1, -0.05) is 6.07 Å². The molecule has 2 rings (SSSR count). The largest absolute Gasteiger partial charge is 0.496 e. The lowest BCUT2D eigenvalue weighted by Crippen LogP contribution is -2.55. The minimum absolute atomic E-state index is 0.0427. The topological polar surface area (TPSA) is 48.0 Å². The molecule has 1 amide bonds. The molecule has 1 aromatic carbocycles. The zero-order chi connectivity index (χ0) is 16.3. The second kappa shape index (κ2) is 6.62. The summed E-state index contributed by atoms with van der Waals surface area (Å²) in [5.74, 6) is -0.748. The van der Waals surface area contributed by atoms with Crippen LogP contribution in [0.3, 0.4) is 0 Å².